The number of carbonyl (C=O) groups excluding carboxylic acids is 2. The third kappa shape index (κ3) is 11.6. The van der Waals surface area contributed by atoms with Crippen LogP contribution in [0.5, 0.6) is 0 Å². The van der Waals surface area contributed by atoms with Crippen LogP contribution in [0.2, 0.25) is 0 Å². The van der Waals surface area contributed by atoms with Crippen LogP contribution >= 0.6 is 0 Å². The van der Waals surface area contributed by atoms with Crippen LogP contribution in [0, 0.1) is 29.1 Å². The summed E-state index contributed by atoms with van der Waals surface area (Å²) in [6, 6.07) is 0. The summed E-state index contributed by atoms with van der Waals surface area (Å²) in [4.78, 5) is 24.1. The molecule has 0 aliphatic heterocycles. The minimum atomic E-state index is -3.08. The maximum absolute atomic E-state index is 13.4. The molecule has 7 nitrogen and oxygen atoms in total. The summed E-state index contributed by atoms with van der Waals surface area (Å²) in [5, 5.41) is 9.68. The number of ether oxygens (including phenoxy) is 4. The van der Waals surface area contributed by atoms with E-state index in [9.17, 15) is 32.3 Å². The molecule has 0 bridgehead atoms. The van der Waals surface area contributed by atoms with Gasteiger partial charge in [0.25, 0.3) is 0 Å². The molecule has 0 aromatic carbocycles. The van der Waals surface area contributed by atoms with E-state index in [0.29, 0.717) is 12.8 Å². The minimum Gasteiger partial charge on any atom is -0.463 e. The van der Waals surface area contributed by atoms with Crippen LogP contribution in [0.15, 0.2) is 0 Å². The van der Waals surface area contributed by atoms with Crippen LogP contribution in [0.1, 0.15) is 58.3 Å². The third-order valence-electron chi connectivity index (χ3n) is 5.70. The standard InChI is InChI=1S/C25H32F4O7/c1-23(16-30,17-35-21(31)14-33-19-6-2-4-10-24(26,27)12-8-19)18-36-22(32)15-34-20-7-3-5-11-25(28,29)13-9-20/h19-20,30H,2-3,6-9,12-18H2,1H3. The van der Waals surface area contributed by atoms with Gasteiger partial charge in [-0.05, 0) is 37.5 Å². The van der Waals surface area contributed by atoms with Crippen molar-refractivity contribution in [2.75, 3.05) is 33.0 Å². The van der Waals surface area contributed by atoms with E-state index in [4.69, 9.17) is 18.9 Å². The number of carbonyl (C=O) groups is 2. The second-order valence-electron chi connectivity index (χ2n) is 9.32. The zero-order chi connectivity index (χ0) is 26.7. The summed E-state index contributed by atoms with van der Waals surface area (Å²) in [5.41, 5.74) is -1.11. The molecule has 0 saturated carbocycles. The summed E-state index contributed by atoms with van der Waals surface area (Å²) in [5.74, 6) is 0.952. The zero-order valence-corrected chi connectivity index (χ0v) is 20.3. The third-order valence-corrected chi connectivity index (χ3v) is 5.70. The number of aliphatic hydroxyl groups is 1. The average Bonchev–Trinajstić information content (AvgIpc) is 2.81. The molecule has 202 valence electrons. The second-order valence-corrected chi connectivity index (χ2v) is 9.32. The van der Waals surface area contributed by atoms with Gasteiger partial charge >= 0.3 is 23.8 Å². The molecule has 2 rings (SSSR count). The maximum atomic E-state index is 13.4. The van der Waals surface area contributed by atoms with Gasteiger partial charge in [-0.25, -0.2) is 9.59 Å². The molecule has 0 saturated heterocycles. The van der Waals surface area contributed by atoms with Crippen LogP contribution < -0.4 is 0 Å². The van der Waals surface area contributed by atoms with Crippen molar-refractivity contribution in [1.29, 1.82) is 0 Å². The Morgan fingerprint density at radius 1 is 0.833 bits per heavy atom. The highest BCUT2D eigenvalue weighted by atomic mass is 19.3. The van der Waals surface area contributed by atoms with Crippen LogP contribution in [0.3, 0.4) is 0 Å². The molecular formula is C25H32F4O7. The van der Waals surface area contributed by atoms with Crippen molar-refractivity contribution in [3.05, 3.63) is 0 Å². The van der Waals surface area contributed by atoms with E-state index in [1.807, 2.05) is 11.8 Å². The van der Waals surface area contributed by atoms with Gasteiger partial charge in [-0.1, -0.05) is 18.8 Å². The highest BCUT2D eigenvalue weighted by Crippen LogP contribution is 2.26. The van der Waals surface area contributed by atoms with Crippen LogP contribution in [0.4, 0.5) is 17.6 Å². The number of rotatable bonds is 11. The second kappa shape index (κ2) is 13.8. The summed E-state index contributed by atoms with van der Waals surface area (Å²) in [7, 11) is 0. The molecule has 1 N–H and O–H groups in total. The summed E-state index contributed by atoms with van der Waals surface area (Å²) >= 11 is 0. The van der Waals surface area contributed by atoms with Crippen molar-refractivity contribution in [2.45, 2.75) is 82.3 Å². The van der Waals surface area contributed by atoms with E-state index in [-0.39, 0.29) is 38.9 Å². The Hall–Kier alpha value is -2.34. The molecule has 2 aliphatic rings. The maximum Gasteiger partial charge on any atom is 0.332 e. The number of alkyl halides is 4. The number of halogens is 4. The predicted octanol–water partition coefficient (Wildman–Crippen LogP) is 3.27. The summed E-state index contributed by atoms with van der Waals surface area (Å²) < 4.78 is 74.7. The Labute approximate surface area is 208 Å². The van der Waals surface area contributed by atoms with Gasteiger partial charge in [-0.2, -0.15) is 17.6 Å². The monoisotopic (exact) mass is 520 g/mol. The molecule has 0 amide bonds. The molecule has 2 atom stereocenters. The van der Waals surface area contributed by atoms with E-state index in [0.717, 1.165) is 0 Å². The number of hydrogen-bond acceptors (Lipinski definition) is 7. The fourth-order valence-electron chi connectivity index (χ4n) is 3.38. The van der Waals surface area contributed by atoms with Crippen molar-refractivity contribution in [1.82, 2.24) is 0 Å². The van der Waals surface area contributed by atoms with E-state index in [2.05, 4.69) is 11.8 Å². The normalized spacial score (nSPS) is 24.6. The Kier molecular flexibility index (Phi) is 11.5. The van der Waals surface area contributed by atoms with E-state index in [1.54, 1.807) is 0 Å². The molecule has 2 unspecified atom stereocenters. The van der Waals surface area contributed by atoms with Gasteiger partial charge < -0.3 is 24.1 Å². The SMILES string of the molecule is CC(CO)(COC(=O)COC1CCC#CC(F)(F)CC1)COC(=O)COC1CCC#CC(F)(F)CC1. The van der Waals surface area contributed by atoms with Crippen molar-refractivity contribution >= 4 is 11.9 Å². The first-order valence-electron chi connectivity index (χ1n) is 11.8. The molecule has 0 radical (unpaired) electrons. The van der Waals surface area contributed by atoms with E-state index >= 15 is 0 Å². The first-order chi connectivity index (χ1) is 16.9. The highest BCUT2D eigenvalue weighted by molar-refractivity contribution is 5.71. The van der Waals surface area contributed by atoms with Crippen molar-refractivity contribution in [3.8, 4) is 23.7 Å². The van der Waals surface area contributed by atoms with Crippen molar-refractivity contribution < 1.29 is 51.2 Å². The Morgan fingerprint density at radius 2 is 1.25 bits per heavy atom. The summed E-state index contributed by atoms with van der Waals surface area (Å²) in [6.45, 7) is -0.426. The number of aliphatic hydroxyl groups excluding tert-OH is 1. The first-order valence-corrected chi connectivity index (χ1v) is 11.8. The fourth-order valence-corrected chi connectivity index (χ4v) is 3.38. The lowest BCUT2D eigenvalue weighted by molar-refractivity contribution is -0.163. The van der Waals surface area contributed by atoms with E-state index < -0.39 is 74.1 Å². The molecule has 0 heterocycles. The van der Waals surface area contributed by atoms with Gasteiger partial charge in [0.15, 0.2) is 0 Å². The largest absolute Gasteiger partial charge is 0.463 e. The molecule has 2 aliphatic carbocycles. The van der Waals surface area contributed by atoms with Crippen LogP contribution in [-0.2, 0) is 28.5 Å². The van der Waals surface area contributed by atoms with E-state index in [1.165, 1.54) is 6.92 Å². The van der Waals surface area contributed by atoms with Gasteiger partial charge in [0, 0.05) is 25.7 Å². The molecule has 11 heteroatoms. The smallest absolute Gasteiger partial charge is 0.332 e. The fraction of sp³-hybridized carbons (Fsp3) is 0.760. The molecule has 36 heavy (non-hydrogen) atoms. The Morgan fingerprint density at radius 3 is 1.64 bits per heavy atom. The highest BCUT2D eigenvalue weighted by Gasteiger charge is 2.31. The number of hydrogen-bond donors (Lipinski definition) is 1. The molecule has 0 aromatic heterocycles. The van der Waals surface area contributed by atoms with Crippen molar-refractivity contribution in [3.63, 3.8) is 0 Å². The quantitative estimate of drug-likeness (QED) is 0.254. The van der Waals surface area contributed by atoms with Crippen molar-refractivity contribution in [2.24, 2.45) is 5.41 Å². The Balaban J connectivity index is 1.68. The average molecular weight is 521 g/mol. The van der Waals surface area contributed by atoms with Gasteiger partial charge in [-0.15, -0.1) is 0 Å². The lowest BCUT2D eigenvalue weighted by Gasteiger charge is -2.27. The van der Waals surface area contributed by atoms with Crippen LogP contribution in [-0.4, -0.2) is 74.1 Å². The van der Waals surface area contributed by atoms with Gasteiger partial charge in [-0.3, -0.25) is 0 Å². The zero-order valence-electron chi connectivity index (χ0n) is 20.3. The molecule has 0 aromatic rings. The molecular weight excluding hydrogens is 488 g/mol. The molecule has 0 spiro atoms. The Bertz CT molecular complexity index is 803. The van der Waals surface area contributed by atoms with Gasteiger partial charge in [0.05, 0.1) is 24.2 Å². The van der Waals surface area contributed by atoms with Gasteiger partial charge in [0.1, 0.15) is 26.4 Å². The summed E-state index contributed by atoms with van der Waals surface area (Å²) in [6.07, 6.45) is -0.631. The topological polar surface area (TPSA) is 91.3 Å². The van der Waals surface area contributed by atoms with Gasteiger partial charge in [0.2, 0.25) is 0 Å². The number of esters is 2. The lowest BCUT2D eigenvalue weighted by Crippen LogP contribution is -2.36. The molecule has 0 fully saturated rings. The predicted molar refractivity (Wildman–Crippen MR) is 119 cm³/mol. The minimum absolute atomic E-state index is 0.0536. The first kappa shape index (κ1) is 29.9. The lowest BCUT2D eigenvalue weighted by atomic mass is 9.94. The van der Waals surface area contributed by atoms with Crippen LogP contribution in [0.25, 0.3) is 0 Å².